The van der Waals surface area contributed by atoms with Gasteiger partial charge in [0.05, 0.1) is 11.0 Å². The molecule has 0 radical (unpaired) electrons. The minimum absolute atomic E-state index is 0.303. The summed E-state index contributed by atoms with van der Waals surface area (Å²) in [4.78, 5) is 12.7. The van der Waals surface area contributed by atoms with Crippen LogP contribution < -0.4 is 0 Å². The van der Waals surface area contributed by atoms with Gasteiger partial charge in [0.2, 0.25) is 0 Å². The summed E-state index contributed by atoms with van der Waals surface area (Å²) in [6, 6.07) is 4.70. The first kappa shape index (κ1) is 10.4. The Bertz CT molecular complexity index is 397. The van der Waals surface area contributed by atoms with Crippen LogP contribution in [-0.4, -0.2) is 24.1 Å². The number of halogens is 2. The molecule has 3 nitrogen and oxygen atoms in total. The molecule has 0 atom stereocenters. The summed E-state index contributed by atoms with van der Waals surface area (Å²) in [6.45, 7) is 1.48. The first-order valence-electron chi connectivity index (χ1n) is 4.52. The maximum absolute atomic E-state index is 12.9. The molecular weight excluding hydrogens is 265 g/mol. The molecule has 0 unspecified atom stereocenters. The van der Waals surface area contributed by atoms with Gasteiger partial charge in [-0.1, -0.05) is 6.07 Å². The highest BCUT2D eigenvalue weighted by molar-refractivity contribution is 9.10. The minimum Gasteiger partial charge on any atom is -0.448 e. The highest BCUT2D eigenvalue weighted by atomic mass is 79.9. The molecule has 5 heteroatoms. The minimum atomic E-state index is -0.310. The number of hydrogen-bond acceptors (Lipinski definition) is 2. The van der Waals surface area contributed by atoms with E-state index in [0.717, 1.165) is 5.56 Å². The van der Waals surface area contributed by atoms with Gasteiger partial charge in [-0.3, -0.25) is 0 Å². The number of ether oxygens (including phenoxy) is 1. The number of carbonyl (C=O) groups is 1. The second-order valence-corrected chi connectivity index (χ2v) is 4.14. The lowest BCUT2D eigenvalue weighted by molar-refractivity contribution is 0.157. The van der Waals surface area contributed by atoms with Crippen LogP contribution in [0.4, 0.5) is 9.18 Å². The number of nitrogens with zero attached hydrogens (tertiary/aromatic N) is 1. The lowest BCUT2D eigenvalue weighted by Gasteiger charge is -2.12. The third kappa shape index (κ3) is 2.28. The molecule has 0 N–H and O–H groups in total. The molecule has 1 aromatic carbocycles. The number of benzene rings is 1. The maximum Gasteiger partial charge on any atom is 0.410 e. The molecule has 1 aliphatic rings. The number of amides is 1. The van der Waals surface area contributed by atoms with Crippen LogP contribution in [0.1, 0.15) is 5.56 Å². The van der Waals surface area contributed by atoms with Crippen LogP contribution in [0.15, 0.2) is 22.7 Å². The largest absolute Gasteiger partial charge is 0.448 e. The summed E-state index contributed by atoms with van der Waals surface area (Å²) in [6.07, 6.45) is -0.310. The molecule has 1 heterocycles. The smallest absolute Gasteiger partial charge is 0.410 e. The predicted molar refractivity (Wildman–Crippen MR) is 55.9 cm³/mol. The van der Waals surface area contributed by atoms with Gasteiger partial charge in [-0.2, -0.15) is 0 Å². The van der Waals surface area contributed by atoms with Gasteiger partial charge in [0.1, 0.15) is 12.4 Å². The average Bonchev–Trinajstić information content (AvgIpc) is 2.59. The first-order valence-corrected chi connectivity index (χ1v) is 5.32. The molecule has 80 valence electrons. The van der Waals surface area contributed by atoms with Crippen LogP contribution in [0.25, 0.3) is 0 Å². The lowest BCUT2D eigenvalue weighted by atomic mass is 10.2. The quantitative estimate of drug-likeness (QED) is 0.829. The maximum atomic E-state index is 12.9. The van der Waals surface area contributed by atoms with Gasteiger partial charge in [0.15, 0.2) is 0 Å². The van der Waals surface area contributed by atoms with E-state index in [4.69, 9.17) is 4.74 Å². The van der Waals surface area contributed by atoms with E-state index in [0.29, 0.717) is 24.2 Å². The third-order valence-corrected chi connectivity index (χ3v) is 2.81. The van der Waals surface area contributed by atoms with Crippen molar-refractivity contribution in [2.45, 2.75) is 6.54 Å². The molecule has 1 fully saturated rings. The predicted octanol–water partition coefficient (Wildman–Crippen LogP) is 2.54. The Balaban J connectivity index is 2.10. The Labute approximate surface area is 95.0 Å². The Morgan fingerprint density at radius 2 is 2.33 bits per heavy atom. The van der Waals surface area contributed by atoms with E-state index >= 15 is 0 Å². The topological polar surface area (TPSA) is 29.5 Å². The highest BCUT2D eigenvalue weighted by Gasteiger charge is 2.21. The van der Waals surface area contributed by atoms with Crippen molar-refractivity contribution in [1.29, 1.82) is 0 Å². The van der Waals surface area contributed by atoms with Crippen molar-refractivity contribution >= 4 is 22.0 Å². The van der Waals surface area contributed by atoms with Gasteiger partial charge in [-0.25, -0.2) is 9.18 Å². The molecule has 15 heavy (non-hydrogen) atoms. The van der Waals surface area contributed by atoms with Crippen molar-refractivity contribution in [3.05, 3.63) is 34.1 Å². The third-order valence-electron chi connectivity index (χ3n) is 2.20. The van der Waals surface area contributed by atoms with Crippen LogP contribution in [0.3, 0.4) is 0 Å². The van der Waals surface area contributed by atoms with E-state index in [2.05, 4.69) is 15.9 Å². The first-order chi connectivity index (χ1) is 7.16. The summed E-state index contributed by atoms with van der Waals surface area (Å²) >= 11 is 3.10. The van der Waals surface area contributed by atoms with Crippen LogP contribution in [0.5, 0.6) is 0 Å². The van der Waals surface area contributed by atoms with Crippen molar-refractivity contribution in [3.63, 3.8) is 0 Å². The van der Waals surface area contributed by atoms with Gasteiger partial charge < -0.3 is 9.64 Å². The molecule has 1 saturated heterocycles. The van der Waals surface area contributed by atoms with Crippen LogP contribution >= 0.6 is 15.9 Å². The van der Waals surface area contributed by atoms with Crippen molar-refractivity contribution in [1.82, 2.24) is 4.90 Å². The Morgan fingerprint density at radius 3 is 2.93 bits per heavy atom. The van der Waals surface area contributed by atoms with Gasteiger partial charge in [-0.15, -0.1) is 0 Å². The van der Waals surface area contributed by atoms with Gasteiger partial charge in [0.25, 0.3) is 0 Å². The molecule has 1 amide bonds. The summed E-state index contributed by atoms with van der Waals surface area (Å²) in [5.74, 6) is -0.303. The monoisotopic (exact) mass is 273 g/mol. The summed E-state index contributed by atoms with van der Waals surface area (Å²) in [7, 11) is 0. The zero-order chi connectivity index (χ0) is 10.8. The summed E-state index contributed by atoms with van der Waals surface area (Å²) in [5.41, 5.74) is 0.877. The average molecular weight is 274 g/mol. The van der Waals surface area contributed by atoms with Crippen molar-refractivity contribution in [2.75, 3.05) is 13.2 Å². The molecule has 0 bridgehead atoms. The van der Waals surface area contributed by atoms with Gasteiger partial charge in [-0.05, 0) is 33.6 Å². The van der Waals surface area contributed by atoms with Crippen LogP contribution in [0, 0.1) is 5.82 Å². The number of rotatable bonds is 2. The molecule has 1 aromatic rings. The molecule has 0 saturated carbocycles. The Morgan fingerprint density at radius 1 is 1.53 bits per heavy atom. The molecule has 1 aliphatic heterocycles. The van der Waals surface area contributed by atoms with Crippen molar-refractivity contribution < 1.29 is 13.9 Å². The molecule has 0 spiro atoms. The summed E-state index contributed by atoms with van der Waals surface area (Å²) in [5, 5.41) is 0. The van der Waals surface area contributed by atoms with E-state index in [1.165, 1.54) is 6.07 Å². The lowest BCUT2D eigenvalue weighted by Crippen LogP contribution is -2.23. The molecule has 0 aliphatic carbocycles. The van der Waals surface area contributed by atoms with Crippen molar-refractivity contribution in [3.8, 4) is 0 Å². The fraction of sp³-hybridized carbons (Fsp3) is 0.300. The van der Waals surface area contributed by atoms with E-state index in [1.54, 1.807) is 17.0 Å². The highest BCUT2D eigenvalue weighted by Crippen LogP contribution is 2.18. The molecule has 2 rings (SSSR count). The number of hydrogen-bond donors (Lipinski definition) is 0. The van der Waals surface area contributed by atoms with Gasteiger partial charge in [0, 0.05) is 6.54 Å². The number of cyclic esters (lactones) is 1. The van der Waals surface area contributed by atoms with E-state index in [9.17, 15) is 9.18 Å². The standard InChI is InChI=1S/C10H9BrFNO2/c11-8-5-7(1-2-9(8)12)6-13-3-4-15-10(13)14/h1-2,5H,3-4,6H2. The van der Waals surface area contributed by atoms with Crippen LogP contribution in [0.2, 0.25) is 0 Å². The summed E-state index contributed by atoms with van der Waals surface area (Å²) < 4.78 is 18.1. The zero-order valence-electron chi connectivity index (χ0n) is 7.87. The van der Waals surface area contributed by atoms with Crippen molar-refractivity contribution in [2.24, 2.45) is 0 Å². The fourth-order valence-corrected chi connectivity index (χ4v) is 1.85. The zero-order valence-corrected chi connectivity index (χ0v) is 9.46. The Hall–Kier alpha value is -1.10. The SMILES string of the molecule is O=C1OCCN1Cc1ccc(F)c(Br)c1. The second-order valence-electron chi connectivity index (χ2n) is 3.28. The van der Waals surface area contributed by atoms with Gasteiger partial charge >= 0.3 is 6.09 Å². The molecule has 0 aromatic heterocycles. The van der Waals surface area contributed by atoms with E-state index in [-0.39, 0.29) is 11.9 Å². The number of carbonyl (C=O) groups excluding carboxylic acids is 1. The Kier molecular flexibility index (Phi) is 2.90. The van der Waals surface area contributed by atoms with E-state index < -0.39 is 0 Å². The van der Waals surface area contributed by atoms with E-state index in [1.807, 2.05) is 0 Å². The molecular formula is C10H9BrFNO2. The normalized spacial score (nSPS) is 15.6. The van der Waals surface area contributed by atoms with Crippen LogP contribution in [-0.2, 0) is 11.3 Å². The second kappa shape index (κ2) is 4.18. The fourth-order valence-electron chi connectivity index (χ4n) is 1.43.